The lowest BCUT2D eigenvalue weighted by Gasteiger charge is -2.27. The molecule has 0 aromatic carbocycles. The van der Waals surface area contributed by atoms with Crippen LogP contribution in [0.5, 0.6) is 0 Å². The van der Waals surface area contributed by atoms with Gasteiger partial charge in [0, 0.05) is 12.6 Å². The monoisotopic (exact) mass is 306 g/mol. The van der Waals surface area contributed by atoms with Crippen molar-refractivity contribution in [2.75, 3.05) is 6.54 Å². The van der Waals surface area contributed by atoms with Crippen LogP contribution in [-0.4, -0.2) is 28.3 Å². The van der Waals surface area contributed by atoms with Gasteiger partial charge in [-0.3, -0.25) is 4.90 Å². The van der Waals surface area contributed by atoms with Gasteiger partial charge in [0.15, 0.2) is 11.5 Å². The Bertz CT molecular complexity index is 519. The summed E-state index contributed by atoms with van der Waals surface area (Å²) >= 11 is 0. The molecule has 0 spiro atoms. The number of halogens is 3. The van der Waals surface area contributed by atoms with Gasteiger partial charge < -0.3 is 9.26 Å². The number of carbonyl (C=O) groups is 1. The summed E-state index contributed by atoms with van der Waals surface area (Å²) in [7, 11) is 0. The number of hydrogen-bond acceptors (Lipinski definition) is 4. The van der Waals surface area contributed by atoms with Gasteiger partial charge in [0.2, 0.25) is 0 Å². The molecular formula is C13H17F3N2O3. The molecular weight excluding hydrogens is 289 g/mol. The van der Waals surface area contributed by atoms with Gasteiger partial charge in [0.1, 0.15) is 5.60 Å². The minimum Gasteiger partial charge on any atom is -0.444 e. The lowest BCUT2D eigenvalue weighted by molar-refractivity contribution is -0.142. The van der Waals surface area contributed by atoms with Crippen molar-refractivity contribution in [3.8, 4) is 0 Å². The van der Waals surface area contributed by atoms with E-state index in [9.17, 15) is 18.0 Å². The molecule has 1 aliphatic heterocycles. The number of aromatic nitrogens is 1. The largest absolute Gasteiger partial charge is 0.444 e. The van der Waals surface area contributed by atoms with E-state index in [4.69, 9.17) is 9.26 Å². The van der Waals surface area contributed by atoms with Crippen molar-refractivity contribution in [2.45, 2.75) is 51.4 Å². The molecule has 1 atom stereocenters. The molecule has 1 saturated heterocycles. The molecule has 1 fully saturated rings. The first-order chi connectivity index (χ1) is 9.58. The summed E-state index contributed by atoms with van der Waals surface area (Å²) in [6.07, 6.45) is -3.93. The van der Waals surface area contributed by atoms with Gasteiger partial charge in [-0.05, 0) is 33.6 Å². The minimum absolute atomic E-state index is 0.0330. The molecule has 2 rings (SSSR count). The van der Waals surface area contributed by atoms with Crippen molar-refractivity contribution in [3.05, 3.63) is 17.5 Å². The van der Waals surface area contributed by atoms with Crippen molar-refractivity contribution in [3.63, 3.8) is 0 Å². The highest BCUT2D eigenvalue weighted by atomic mass is 19.4. The van der Waals surface area contributed by atoms with Gasteiger partial charge in [-0.2, -0.15) is 13.2 Å². The third-order valence-electron chi connectivity index (χ3n) is 3.03. The average Bonchev–Trinajstić information content (AvgIpc) is 2.94. The molecule has 118 valence electrons. The second-order valence-corrected chi connectivity index (χ2v) is 5.94. The number of likely N-dealkylation sites (tertiary alicyclic amines) is 1. The van der Waals surface area contributed by atoms with E-state index in [0.29, 0.717) is 19.4 Å². The van der Waals surface area contributed by atoms with Crippen LogP contribution in [0.15, 0.2) is 10.6 Å². The molecule has 0 radical (unpaired) electrons. The van der Waals surface area contributed by atoms with E-state index < -0.39 is 29.6 Å². The van der Waals surface area contributed by atoms with Crippen molar-refractivity contribution < 1.29 is 27.2 Å². The van der Waals surface area contributed by atoms with Gasteiger partial charge in [-0.25, -0.2) is 4.79 Å². The molecule has 21 heavy (non-hydrogen) atoms. The Balaban J connectivity index is 2.15. The Morgan fingerprint density at radius 2 is 2.10 bits per heavy atom. The first kappa shape index (κ1) is 15.7. The zero-order chi connectivity index (χ0) is 15.8. The van der Waals surface area contributed by atoms with Crippen LogP contribution in [0.25, 0.3) is 0 Å². The Labute approximate surface area is 120 Å². The summed E-state index contributed by atoms with van der Waals surface area (Å²) in [5, 5.41) is 3.02. The second kappa shape index (κ2) is 5.23. The number of nitrogens with zero attached hydrogens (tertiary/aromatic N) is 2. The lowest BCUT2D eigenvalue weighted by Crippen LogP contribution is -2.36. The van der Waals surface area contributed by atoms with Crippen LogP contribution in [-0.2, 0) is 10.9 Å². The Kier molecular flexibility index (Phi) is 3.90. The minimum atomic E-state index is -4.56. The van der Waals surface area contributed by atoms with E-state index in [1.54, 1.807) is 20.8 Å². The molecule has 0 N–H and O–H groups in total. The van der Waals surface area contributed by atoms with Crippen LogP contribution in [0.3, 0.4) is 0 Å². The molecule has 2 heterocycles. The van der Waals surface area contributed by atoms with Crippen LogP contribution < -0.4 is 0 Å². The normalized spacial score (nSPS) is 19.9. The van der Waals surface area contributed by atoms with Crippen molar-refractivity contribution in [1.82, 2.24) is 10.1 Å². The van der Waals surface area contributed by atoms with Crippen LogP contribution >= 0.6 is 0 Å². The highest BCUT2D eigenvalue weighted by molar-refractivity contribution is 5.69. The van der Waals surface area contributed by atoms with Gasteiger partial charge in [0.05, 0.1) is 6.04 Å². The summed E-state index contributed by atoms with van der Waals surface area (Å²) < 4.78 is 47.6. The van der Waals surface area contributed by atoms with Crippen LogP contribution in [0.2, 0.25) is 0 Å². The molecule has 1 aliphatic rings. The fourth-order valence-corrected chi connectivity index (χ4v) is 2.18. The number of ether oxygens (including phenoxy) is 1. The molecule has 1 aromatic heterocycles. The standard InChI is InChI=1S/C13H17F3N2O3/c1-12(2,3)20-11(19)18-6-4-5-8(18)9-7-10(17-21-9)13(14,15)16/h7-8H,4-6H2,1-3H3/t8-/m0/s1. The van der Waals surface area contributed by atoms with E-state index in [1.165, 1.54) is 4.90 Å². The van der Waals surface area contributed by atoms with Crippen molar-refractivity contribution in [2.24, 2.45) is 0 Å². The molecule has 5 nitrogen and oxygen atoms in total. The number of carbonyl (C=O) groups excluding carboxylic acids is 1. The number of rotatable bonds is 1. The Morgan fingerprint density at radius 3 is 2.62 bits per heavy atom. The van der Waals surface area contributed by atoms with Crippen LogP contribution in [0.4, 0.5) is 18.0 Å². The zero-order valence-electron chi connectivity index (χ0n) is 12.0. The lowest BCUT2D eigenvalue weighted by atomic mass is 10.1. The SMILES string of the molecule is CC(C)(C)OC(=O)N1CCC[C@H]1c1cc(C(F)(F)F)no1. The Hall–Kier alpha value is -1.73. The number of alkyl halides is 3. The molecule has 0 bridgehead atoms. The first-order valence-electron chi connectivity index (χ1n) is 6.61. The fraction of sp³-hybridized carbons (Fsp3) is 0.692. The van der Waals surface area contributed by atoms with Gasteiger partial charge in [-0.1, -0.05) is 5.16 Å². The second-order valence-electron chi connectivity index (χ2n) is 5.94. The highest BCUT2D eigenvalue weighted by Crippen LogP contribution is 2.36. The molecule has 1 amide bonds. The third kappa shape index (κ3) is 3.68. The van der Waals surface area contributed by atoms with Gasteiger partial charge in [-0.15, -0.1) is 0 Å². The smallest absolute Gasteiger partial charge is 0.436 e. The van der Waals surface area contributed by atoms with Crippen molar-refractivity contribution >= 4 is 6.09 Å². The summed E-state index contributed by atoms with van der Waals surface area (Å²) in [4.78, 5) is 13.4. The zero-order valence-corrected chi connectivity index (χ0v) is 12.0. The third-order valence-corrected chi connectivity index (χ3v) is 3.03. The predicted octanol–water partition coefficient (Wildman–Crippen LogP) is 3.77. The van der Waals surface area contributed by atoms with Crippen LogP contribution in [0, 0.1) is 0 Å². The first-order valence-corrected chi connectivity index (χ1v) is 6.61. The van der Waals surface area contributed by atoms with Gasteiger partial charge >= 0.3 is 12.3 Å². The Morgan fingerprint density at radius 1 is 1.43 bits per heavy atom. The predicted molar refractivity (Wildman–Crippen MR) is 66.4 cm³/mol. The maximum absolute atomic E-state index is 12.5. The molecule has 1 aromatic rings. The quantitative estimate of drug-likeness (QED) is 0.792. The molecule has 0 unspecified atom stereocenters. The van der Waals surface area contributed by atoms with E-state index in [-0.39, 0.29) is 5.76 Å². The summed E-state index contributed by atoms with van der Waals surface area (Å²) in [5.41, 5.74) is -1.75. The summed E-state index contributed by atoms with van der Waals surface area (Å²) in [5.74, 6) is 0.0330. The van der Waals surface area contributed by atoms with Crippen molar-refractivity contribution in [1.29, 1.82) is 0 Å². The van der Waals surface area contributed by atoms with Crippen LogP contribution in [0.1, 0.15) is 51.1 Å². The van der Waals surface area contributed by atoms with E-state index >= 15 is 0 Å². The van der Waals surface area contributed by atoms with E-state index in [0.717, 1.165) is 6.07 Å². The van der Waals surface area contributed by atoms with Gasteiger partial charge in [0.25, 0.3) is 0 Å². The molecule has 0 aliphatic carbocycles. The maximum Gasteiger partial charge on any atom is 0.436 e. The summed E-state index contributed by atoms with van der Waals surface area (Å²) in [6, 6.07) is 0.274. The molecule has 0 saturated carbocycles. The van der Waals surface area contributed by atoms with E-state index in [2.05, 4.69) is 5.16 Å². The number of amides is 1. The fourth-order valence-electron chi connectivity index (χ4n) is 2.18. The summed E-state index contributed by atoms with van der Waals surface area (Å²) in [6.45, 7) is 5.60. The average molecular weight is 306 g/mol. The maximum atomic E-state index is 12.5. The van der Waals surface area contributed by atoms with E-state index in [1.807, 2.05) is 0 Å². The highest BCUT2D eigenvalue weighted by Gasteiger charge is 2.39. The topological polar surface area (TPSA) is 55.6 Å². The molecule has 8 heteroatoms. The number of hydrogen-bond donors (Lipinski definition) is 0.